The van der Waals surface area contributed by atoms with Crippen LogP contribution >= 0.6 is 0 Å². The fraction of sp³-hybridized carbons (Fsp3) is 0.371. The molecule has 1 heterocycles. The van der Waals surface area contributed by atoms with Gasteiger partial charge in [-0.25, -0.2) is 9.48 Å². The van der Waals surface area contributed by atoms with Crippen molar-refractivity contribution in [3.8, 4) is 28.4 Å². The van der Waals surface area contributed by atoms with Crippen LogP contribution in [0.5, 0.6) is 11.5 Å². The minimum absolute atomic E-state index is 0.00455. The van der Waals surface area contributed by atoms with Crippen molar-refractivity contribution in [2.24, 2.45) is 23.7 Å². The van der Waals surface area contributed by atoms with Crippen LogP contribution in [-0.2, 0) is 4.79 Å². The minimum atomic E-state index is -1.42. The van der Waals surface area contributed by atoms with E-state index in [1.54, 1.807) is 22.9 Å². The van der Waals surface area contributed by atoms with Gasteiger partial charge in [-0.1, -0.05) is 42.5 Å². The van der Waals surface area contributed by atoms with Crippen LogP contribution in [0.4, 0.5) is 0 Å². The molecule has 4 saturated carbocycles. The topological polar surface area (TPSA) is 132 Å². The molecule has 3 N–H and O–H groups in total. The number of aliphatic carboxylic acids is 1. The van der Waals surface area contributed by atoms with Crippen LogP contribution in [0.25, 0.3) is 27.7 Å². The van der Waals surface area contributed by atoms with Gasteiger partial charge in [0, 0.05) is 12.4 Å². The summed E-state index contributed by atoms with van der Waals surface area (Å²) in [6.07, 6.45) is 4.23. The first-order valence-corrected chi connectivity index (χ1v) is 15.4. The van der Waals surface area contributed by atoms with Crippen LogP contribution in [0, 0.1) is 23.7 Å². The lowest BCUT2D eigenvalue weighted by molar-refractivity contribution is -0.163. The van der Waals surface area contributed by atoms with Gasteiger partial charge in [0.2, 0.25) is 0 Å². The lowest BCUT2D eigenvalue weighted by Crippen LogP contribution is -2.70. The number of ether oxygens (including phenoxy) is 2. The van der Waals surface area contributed by atoms with E-state index >= 15 is 0 Å². The second-order valence-electron chi connectivity index (χ2n) is 12.5. The number of benzene rings is 3. The van der Waals surface area contributed by atoms with Crippen molar-refractivity contribution in [2.45, 2.75) is 37.6 Å². The Balaban J connectivity index is 1.48. The van der Waals surface area contributed by atoms with Gasteiger partial charge in [-0.15, -0.1) is 0 Å². The second-order valence-corrected chi connectivity index (χ2v) is 12.5. The minimum Gasteiger partial charge on any atom is -0.496 e. The number of carbonyl (C=O) groups excluding carboxylic acids is 2. The molecule has 0 atom stereocenters. The molecular weight excluding hydrogens is 572 g/mol. The molecule has 0 spiro atoms. The van der Waals surface area contributed by atoms with Gasteiger partial charge in [-0.3, -0.25) is 9.59 Å². The predicted molar refractivity (Wildman–Crippen MR) is 168 cm³/mol. The zero-order valence-corrected chi connectivity index (χ0v) is 25.5. The molecule has 232 valence electrons. The predicted octanol–water partition coefficient (Wildman–Crippen LogP) is 5.08. The monoisotopic (exact) mass is 608 g/mol. The summed E-state index contributed by atoms with van der Waals surface area (Å²) in [6.45, 7) is 0. The largest absolute Gasteiger partial charge is 0.496 e. The number of aromatic nitrogens is 2. The number of methoxy groups -OCH3 is 2. The first-order valence-electron chi connectivity index (χ1n) is 15.4. The molecule has 4 bridgehead atoms. The highest BCUT2D eigenvalue weighted by atomic mass is 16.5. The molecule has 45 heavy (non-hydrogen) atoms. The third kappa shape index (κ3) is 4.37. The molecule has 10 heteroatoms. The van der Waals surface area contributed by atoms with Crippen molar-refractivity contribution in [3.05, 3.63) is 71.9 Å². The van der Waals surface area contributed by atoms with Gasteiger partial charge in [0.15, 0.2) is 5.69 Å². The van der Waals surface area contributed by atoms with Crippen LogP contribution in [0.3, 0.4) is 0 Å². The van der Waals surface area contributed by atoms with Gasteiger partial charge in [0.1, 0.15) is 17.0 Å². The molecule has 4 aromatic rings. The van der Waals surface area contributed by atoms with Crippen molar-refractivity contribution in [1.82, 2.24) is 20.4 Å². The van der Waals surface area contributed by atoms with Crippen LogP contribution in [0.15, 0.2) is 60.7 Å². The van der Waals surface area contributed by atoms with Crippen molar-refractivity contribution < 1.29 is 29.0 Å². The van der Waals surface area contributed by atoms with E-state index in [-0.39, 0.29) is 23.1 Å². The van der Waals surface area contributed by atoms with E-state index in [0.29, 0.717) is 40.3 Å². The quantitative estimate of drug-likeness (QED) is 0.254. The lowest BCUT2D eigenvalue weighted by atomic mass is 9.48. The SMILES string of the molecule is CNC(=O)c1c(C(=O)NC2(C(=O)O)C3CC4CC(C3)CC2C4)nn(-c2cccc3ccccc23)c1-c1c(OC)cccc1OC. The number of carboxylic acids is 1. The summed E-state index contributed by atoms with van der Waals surface area (Å²) in [4.78, 5) is 41.5. The Hall–Kier alpha value is -4.86. The zero-order chi connectivity index (χ0) is 31.5. The molecule has 0 saturated heterocycles. The van der Waals surface area contributed by atoms with E-state index in [1.807, 2.05) is 42.5 Å². The number of carboxylic acid groups (broad SMARTS) is 1. The van der Waals surface area contributed by atoms with Crippen LogP contribution in [0.2, 0.25) is 0 Å². The Morgan fingerprint density at radius 2 is 1.44 bits per heavy atom. The van der Waals surface area contributed by atoms with Crippen molar-refractivity contribution in [2.75, 3.05) is 21.3 Å². The lowest BCUT2D eigenvalue weighted by Gasteiger charge is -2.59. The van der Waals surface area contributed by atoms with Crippen molar-refractivity contribution in [1.29, 1.82) is 0 Å². The summed E-state index contributed by atoms with van der Waals surface area (Å²) in [7, 11) is 4.53. The third-order valence-corrected chi connectivity index (χ3v) is 10.3. The maximum atomic E-state index is 14.5. The Kier molecular flexibility index (Phi) is 7.02. The molecular formula is C35H36N4O6. The highest BCUT2D eigenvalue weighted by molar-refractivity contribution is 6.12. The Morgan fingerprint density at radius 3 is 2.04 bits per heavy atom. The number of amides is 2. The van der Waals surface area contributed by atoms with Gasteiger partial charge in [-0.2, -0.15) is 5.10 Å². The summed E-state index contributed by atoms with van der Waals surface area (Å²) in [6, 6.07) is 18.8. The number of rotatable bonds is 8. The van der Waals surface area contributed by atoms with E-state index in [1.165, 1.54) is 21.3 Å². The fourth-order valence-corrected chi connectivity index (χ4v) is 8.58. The first-order chi connectivity index (χ1) is 21.8. The number of nitrogens with zero attached hydrogens (tertiary/aromatic N) is 2. The molecule has 0 unspecified atom stereocenters. The number of carbonyl (C=O) groups is 3. The van der Waals surface area contributed by atoms with Crippen molar-refractivity contribution in [3.63, 3.8) is 0 Å². The van der Waals surface area contributed by atoms with E-state index in [2.05, 4.69) is 10.6 Å². The van der Waals surface area contributed by atoms with E-state index in [4.69, 9.17) is 14.6 Å². The number of hydrogen-bond donors (Lipinski definition) is 3. The number of nitrogens with one attached hydrogen (secondary N) is 2. The summed E-state index contributed by atoms with van der Waals surface area (Å²) < 4.78 is 13.1. The van der Waals surface area contributed by atoms with Crippen LogP contribution in [0.1, 0.15) is 53.0 Å². The third-order valence-electron chi connectivity index (χ3n) is 10.3. The summed E-state index contributed by atoms with van der Waals surface area (Å²) in [5.74, 6) is -0.804. The second kappa shape index (κ2) is 10.9. The molecule has 1 aromatic heterocycles. The zero-order valence-electron chi connectivity index (χ0n) is 25.5. The maximum Gasteiger partial charge on any atom is 0.330 e. The van der Waals surface area contributed by atoms with E-state index in [0.717, 1.165) is 42.9 Å². The molecule has 4 fully saturated rings. The Bertz CT molecular complexity index is 1790. The molecule has 4 aliphatic rings. The maximum absolute atomic E-state index is 14.5. The summed E-state index contributed by atoms with van der Waals surface area (Å²) in [5.41, 5.74) is -0.240. The van der Waals surface area contributed by atoms with Gasteiger partial charge in [0.25, 0.3) is 11.8 Å². The molecule has 3 aromatic carbocycles. The van der Waals surface area contributed by atoms with E-state index in [9.17, 15) is 19.5 Å². The van der Waals surface area contributed by atoms with Gasteiger partial charge in [-0.05, 0) is 79.4 Å². The molecule has 0 aliphatic heterocycles. The van der Waals surface area contributed by atoms with Crippen molar-refractivity contribution >= 4 is 28.6 Å². The van der Waals surface area contributed by atoms with Crippen LogP contribution in [-0.4, -0.2) is 59.5 Å². The molecule has 0 radical (unpaired) electrons. The highest BCUT2D eigenvalue weighted by Gasteiger charge is 2.62. The Labute approximate surface area is 260 Å². The Morgan fingerprint density at radius 1 is 0.844 bits per heavy atom. The molecule has 4 aliphatic carbocycles. The number of fused-ring (bicyclic) bond motifs is 1. The average Bonchev–Trinajstić information content (AvgIpc) is 3.45. The van der Waals surface area contributed by atoms with Gasteiger partial charge >= 0.3 is 5.97 Å². The molecule has 2 amide bonds. The number of hydrogen-bond acceptors (Lipinski definition) is 6. The smallest absolute Gasteiger partial charge is 0.330 e. The highest BCUT2D eigenvalue weighted by Crippen LogP contribution is 2.58. The average molecular weight is 609 g/mol. The van der Waals surface area contributed by atoms with Gasteiger partial charge in [0.05, 0.1) is 36.7 Å². The fourth-order valence-electron chi connectivity index (χ4n) is 8.58. The summed E-state index contributed by atoms with van der Waals surface area (Å²) in [5, 5.41) is 23.0. The van der Waals surface area contributed by atoms with Crippen LogP contribution < -0.4 is 20.1 Å². The standard InChI is InChI=1S/C35H36N4O6/c1-36-32(40)29-30(33(41)37-35(34(42)43)22-15-19-14-20(17-22)18-23(35)16-19)38-39(25-11-6-9-21-8-4-5-10-24(21)25)31(29)28-26(44-2)12-7-13-27(28)45-3/h4-13,19-20,22-23H,14-18H2,1-3H3,(H,36,40)(H,37,41)(H,42,43). The molecule has 10 nitrogen and oxygen atoms in total. The summed E-state index contributed by atoms with van der Waals surface area (Å²) >= 11 is 0. The van der Waals surface area contributed by atoms with Gasteiger partial charge < -0.3 is 25.2 Å². The molecule has 8 rings (SSSR count). The normalized spacial score (nSPS) is 24.8. The van der Waals surface area contributed by atoms with E-state index < -0.39 is 23.3 Å². The first kappa shape index (κ1) is 28.9.